The topological polar surface area (TPSA) is 24.5 Å². The van der Waals surface area contributed by atoms with Gasteiger partial charge in [0.1, 0.15) is 0 Å². The monoisotopic (exact) mass is 296 g/mol. The van der Waals surface area contributed by atoms with Gasteiger partial charge < -0.3 is 15.0 Å². The van der Waals surface area contributed by atoms with Crippen molar-refractivity contribution in [2.75, 3.05) is 39.9 Å². The maximum absolute atomic E-state index is 5.33. The average molecular weight is 296 g/mol. The maximum atomic E-state index is 5.33. The lowest BCUT2D eigenvalue weighted by Crippen LogP contribution is -2.47. The van der Waals surface area contributed by atoms with Crippen LogP contribution in [0.5, 0.6) is 0 Å². The van der Waals surface area contributed by atoms with E-state index in [0.29, 0.717) is 5.41 Å². The Morgan fingerprint density at radius 3 is 2.48 bits per heavy atom. The molecular weight excluding hydrogens is 260 g/mol. The normalized spacial score (nSPS) is 22.1. The van der Waals surface area contributed by atoms with Gasteiger partial charge in [0.15, 0.2) is 0 Å². The predicted octanol–water partition coefficient (Wildman–Crippen LogP) is 3.29. The van der Waals surface area contributed by atoms with Crippen LogP contribution in [0.15, 0.2) is 0 Å². The van der Waals surface area contributed by atoms with E-state index in [1.54, 1.807) is 0 Å². The van der Waals surface area contributed by atoms with E-state index in [1.165, 1.54) is 64.6 Å². The molecule has 3 heteroatoms. The zero-order chi connectivity index (χ0) is 15.1. The standard InChI is InChI=1S/C18H36N2O/c1-16(2)13-20(11-12-21-3)15-18(9-5-4-6-10-18)14-19-17-7-8-17/h16-17,19H,4-15H2,1-3H3. The van der Waals surface area contributed by atoms with Gasteiger partial charge in [0.2, 0.25) is 0 Å². The molecule has 0 aliphatic heterocycles. The first-order valence-corrected chi connectivity index (χ1v) is 9.08. The first-order chi connectivity index (χ1) is 10.1. The van der Waals surface area contributed by atoms with Gasteiger partial charge in [0, 0.05) is 39.3 Å². The Balaban J connectivity index is 1.91. The molecule has 2 fully saturated rings. The Bertz CT molecular complexity index is 283. The number of hydrogen-bond acceptors (Lipinski definition) is 3. The summed E-state index contributed by atoms with van der Waals surface area (Å²) in [6.07, 6.45) is 9.90. The van der Waals surface area contributed by atoms with Gasteiger partial charge >= 0.3 is 0 Å². The van der Waals surface area contributed by atoms with Crippen molar-refractivity contribution in [1.29, 1.82) is 0 Å². The zero-order valence-electron chi connectivity index (χ0n) is 14.5. The summed E-state index contributed by atoms with van der Waals surface area (Å²) in [6.45, 7) is 10.3. The van der Waals surface area contributed by atoms with E-state index in [9.17, 15) is 0 Å². The lowest BCUT2D eigenvalue weighted by Gasteiger charge is -2.42. The molecule has 0 radical (unpaired) electrons. The van der Waals surface area contributed by atoms with Crippen LogP contribution in [-0.4, -0.2) is 50.8 Å². The summed E-state index contributed by atoms with van der Waals surface area (Å²) in [5.74, 6) is 0.735. The molecule has 0 heterocycles. The third kappa shape index (κ3) is 6.25. The molecule has 2 aliphatic carbocycles. The molecule has 0 amide bonds. The number of ether oxygens (including phenoxy) is 1. The van der Waals surface area contributed by atoms with Crippen LogP contribution in [0.1, 0.15) is 58.8 Å². The summed E-state index contributed by atoms with van der Waals surface area (Å²) in [6, 6.07) is 0.835. The van der Waals surface area contributed by atoms with Crippen LogP contribution < -0.4 is 5.32 Å². The molecule has 0 atom stereocenters. The Morgan fingerprint density at radius 2 is 1.90 bits per heavy atom. The number of hydrogen-bond donors (Lipinski definition) is 1. The van der Waals surface area contributed by atoms with Crippen molar-refractivity contribution in [3.05, 3.63) is 0 Å². The van der Waals surface area contributed by atoms with Gasteiger partial charge in [-0.3, -0.25) is 0 Å². The number of nitrogens with one attached hydrogen (secondary N) is 1. The van der Waals surface area contributed by atoms with E-state index in [0.717, 1.165) is 25.1 Å². The first-order valence-electron chi connectivity index (χ1n) is 9.08. The van der Waals surface area contributed by atoms with Crippen molar-refractivity contribution in [3.63, 3.8) is 0 Å². The van der Waals surface area contributed by atoms with Crippen LogP contribution >= 0.6 is 0 Å². The van der Waals surface area contributed by atoms with Crippen LogP contribution in [0.3, 0.4) is 0 Å². The molecule has 21 heavy (non-hydrogen) atoms. The molecule has 0 unspecified atom stereocenters. The molecule has 1 N–H and O–H groups in total. The van der Waals surface area contributed by atoms with E-state index in [-0.39, 0.29) is 0 Å². The van der Waals surface area contributed by atoms with E-state index in [4.69, 9.17) is 4.74 Å². The molecule has 0 spiro atoms. The van der Waals surface area contributed by atoms with Gasteiger partial charge in [0.05, 0.1) is 6.61 Å². The minimum atomic E-state index is 0.517. The van der Waals surface area contributed by atoms with Crippen molar-refractivity contribution in [1.82, 2.24) is 10.2 Å². The van der Waals surface area contributed by atoms with Gasteiger partial charge in [-0.05, 0) is 37.0 Å². The highest BCUT2D eigenvalue weighted by molar-refractivity contribution is 4.91. The lowest BCUT2D eigenvalue weighted by atomic mass is 9.73. The minimum absolute atomic E-state index is 0.517. The van der Waals surface area contributed by atoms with Gasteiger partial charge in [-0.15, -0.1) is 0 Å². The van der Waals surface area contributed by atoms with Crippen LogP contribution in [0.25, 0.3) is 0 Å². The van der Waals surface area contributed by atoms with Gasteiger partial charge in [-0.2, -0.15) is 0 Å². The van der Waals surface area contributed by atoms with E-state index >= 15 is 0 Å². The summed E-state index contributed by atoms with van der Waals surface area (Å²) in [5.41, 5.74) is 0.517. The van der Waals surface area contributed by atoms with Crippen molar-refractivity contribution in [2.45, 2.75) is 64.8 Å². The number of methoxy groups -OCH3 is 1. The molecule has 0 aromatic heterocycles. The molecular formula is C18H36N2O. The summed E-state index contributed by atoms with van der Waals surface area (Å²) >= 11 is 0. The second kappa shape index (κ2) is 8.50. The number of nitrogens with zero attached hydrogens (tertiary/aromatic N) is 1. The van der Waals surface area contributed by atoms with Gasteiger partial charge in [-0.1, -0.05) is 33.1 Å². The maximum Gasteiger partial charge on any atom is 0.0589 e. The molecule has 0 aromatic carbocycles. The van der Waals surface area contributed by atoms with Crippen molar-refractivity contribution in [2.24, 2.45) is 11.3 Å². The van der Waals surface area contributed by atoms with Crippen LogP contribution in [0.4, 0.5) is 0 Å². The summed E-state index contributed by atoms with van der Waals surface area (Å²) in [5, 5.41) is 3.82. The Hall–Kier alpha value is -0.120. The Kier molecular flexibility index (Phi) is 6.97. The summed E-state index contributed by atoms with van der Waals surface area (Å²) in [4.78, 5) is 2.66. The van der Waals surface area contributed by atoms with E-state index in [2.05, 4.69) is 24.1 Å². The SMILES string of the molecule is COCCN(CC(C)C)CC1(CNC2CC2)CCCCC1. The second-order valence-electron chi connectivity index (χ2n) is 7.84. The third-order valence-corrected chi connectivity index (χ3v) is 5.05. The van der Waals surface area contributed by atoms with Crippen LogP contribution in [-0.2, 0) is 4.74 Å². The average Bonchev–Trinajstić information content (AvgIpc) is 3.27. The van der Waals surface area contributed by atoms with Crippen molar-refractivity contribution in [3.8, 4) is 0 Å². The number of rotatable bonds is 10. The fourth-order valence-corrected chi connectivity index (χ4v) is 3.79. The lowest BCUT2D eigenvalue weighted by molar-refractivity contribution is 0.0718. The van der Waals surface area contributed by atoms with Crippen molar-refractivity contribution < 1.29 is 4.74 Å². The third-order valence-electron chi connectivity index (χ3n) is 5.05. The highest BCUT2D eigenvalue weighted by atomic mass is 16.5. The van der Waals surface area contributed by atoms with E-state index in [1.807, 2.05) is 7.11 Å². The molecule has 2 rings (SSSR count). The van der Waals surface area contributed by atoms with Gasteiger partial charge in [-0.25, -0.2) is 0 Å². The molecule has 0 saturated heterocycles. The second-order valence-corrected chi connectivity index (χ2v) is 7.84. The first kappa shape index (κ1) is 17.2. The quantitative estimate of drug-likeness (QED) is 0.669. The highest BCUT2D eigenvalue weighted by Crippen LogP contribution is 2.37. The minimum Gasteiger partial charge on any atom is -0.383 e. The fourth-order valence-electron chi connectivity index (χ4n) is 3.79. The van der Waals surface area contributed by atoms with Crippen molar-refractivity contribution >= 4 is 0 Å². The van der Waals surface area contributed by atoms with E-state index < -0.39 is 0 Å². The molecule has 124 valence electrons. The Morgan fingerprint density at radius 1 is 1.19 bits per heavy atom. The molecule has 0 bridgehead atoms. The van der Waals surface area contributed by atoms with Crippen LogP contribution in [0, 0.1) is 11.3 Å². The van der Waals surface area contributed by atoms with Gasteiger partial charge in [0.25, 0.3) is 0 Å². The largest absolute Gasteiger partial charge is 0.383 e. The molecule has 2 saturated carbocycles. The fraction of sp³-hybridized carbons (Fsp3) is 1.00. The van der Waals surface area contributed by atoms with Crippen LogP contribution in [0.2, 0.25) is 0 Å². The predicted molar refractivity (Wildman–Crippen MR) is 89.7 cm³/mol. The molecule has 0 aromatic rings. The summed E-state index contributed by atoms with van der Waals surface area (Å²) in [7, 11) is 1.82. The Labute approximate surface area is 131 Å². The molecule has 3 nitrogen and oxygen atoms in total. The molecule has 2 aliphatic rings. The highest BCUT2D eigenvalue weighted by Gasteiger charge is 2.35. The smallest absolute Gasteiger partial charge is 0.0589 e. The summed E-state index contributed by atoms with van der Waals surface area (Å²) < 4.78 is 5.33. The zero-order valence-corrected chi connectivity index (χ0v) is 14.5.